The van der Waals surface area contributed by atoms with E-state index in [1.807, 2.05) is 37.3 Å². The lowest BCUT2D eigenvalue weighted by atomic mass is 10.0. The van der Waals surface area contributed by atoms with Crippen molar-refractivity contribution >= 4 is 27.9 Å². The molecule has 0 saturated heterocycles. The molecule has 0 radical (unpaired) electrons. The Morgan fingerprint density at radius 1 is 1.20 bits per heavy atom. The Balaban J connectivity index is 1.80. The van der Waals surface area contributed by atoms with Gasteiger partial charge in [0.25, 0.3) is 0 Å². The number of benzene rings is 1. The summed E-state index contributed by atoms with van der Waals surface area (Å²) < 4.78 is 7.37. The summed E-state index contributed by atoms with van der Waals surface area (Å²) in [7, 11) is 1.80. The summed E-state index contributed by atoms with van der Waals surface area (Å²) in [5.74, 6) is -0.944. The molecule has 0 saturated carbocycles. The van der Waals surface area contributed by atoms with Gasteiger partial charge in [-0.25, -0.2) is 9.97 Å². The minimum absolute atomic E-state index is 0.117. The molecule has 3 heterocycles. The van der Waals surface area contributed by atoms with Gasteiger partial charge in [0, 0.05) is 18.8 Å². The Kier molecular flexibility index (Phi) is 3.36. The number of furan rings is 1. The molecule has 4 rings (SSSR count). The molecule has 4 aromatic rings. The predicted octanol–water partition coefficient (Wildman–Crippen LogP) is 3.51. The fourth-order valence-electron chi connectivity index (χ4n) is 2.95. The molecule has 0 aliphatic rings. The van der Waals surface area contributed by atoms with E-state index in [9.17, 15) is 10.1 Å². The van der Waals surface area contributed by atoms with E-state index in [-0.39, 0.29) is 5.76 Å². The van der Waals surface area contributed by atoms with Crippen LogP contribution in [0.5, 0.6) is 0 Å². The van der Waals surface area contributed by atoms with E-state index in [1.54, 1.807) is 23.7 Å². The van der Waals surface area contributed by atoms with E-state index >= 15 is 0 Å². The number of hydrogen-bond donors (Lipinski definition) is 0. The van der Waals surface area contributed by atoms with Gasteiger partial charge in [-0.15, -0.1) is 0 Å². The monoisotopic (exact) mass is 330 g/mol. The van der Waals surface area contributed by atoms with Crippen LogP contribution in [-0.2, 0) is 7.05 Å². The van der Waals surface area contributed by atoms with Crippen molar-refractivity contribution < 1.29 is 9.21 Å². The quantitative estimate of drug-likeness (QED) is 0.537. The summed E-state index contributed by atoms with van der Waals surface area (Å²) in [5, 5.41) is 9.60. The summed E-state index contributed by atoms with van der Waals surface area (Å²) in [5.41, 5.74) is 3.57. The van der Waals surface area contributed by atoms with Gasteiger partial charge in [0.05, 0.1) is 17.1 Å². The number of para-hydroxylation sites is 2. The summed E-state index contributed by atoms with van der Waals surface area (Å²) in [4.78, 5) is 21.7. The second kappa shape index (κ2) is 5.56. The molecule has 0 N–H and O–H groups in total. The van der Waals surface area contributed by atoms with Crippen LogP contribution in [0.2, 0.25) is 0 Å². The van der Waals surface area contributed by atoms with E-state index in [1.165, 1.54) is 0 Å². The fraction of sp³-hybridized carbons (Fsp3) is 0.158. The van der Waals surface area contributed by atoms with Gasteiger partial charge in [-0.05, 0) is 31.2 Å². The van der Waals surface area contributed by atoms with Crippen LogP contribution in [0.1, 0.15) is 28.0 Å². The van der Waals surface area contributed by atoms with Crippen molar-refractivity contribution in [3.63, 3.8) is 0 Å². The maximum Gasteiger partial charge on any atom is 0.222 e. The maximum absolute atomic E-state index is 12.9. The molecule has 6 heteroatoms. The summed E-state index contributed by atoms with van der Waals surface area (Å²) >= 11 is 0. The average Bonchev–Trinajstić information content (AvgIpc) is 3.17. The molecule has 6 nitrogen and oxygen atoms in total. The lowest BCUT2D eigenvalue weighted by Gasteiger charge is -2.06. The molecule has 1 aromatic carbocycles. The highest BCUT2D eigenvalue weighted by Gasteiger charge is 2.29. The van der Waals surface area contributed by atoms with Gasteiger partial charge in [0.15, 0.2) is 17.3 Å². The third kappa shape index (κ3) is 2.37. The molecule has 0 aliphatic carbocycles. The summed E-state index contributed by atoms with van der Waals surface area (Å²) in [6.45, 7) is 1.87. The first-order chi connectivity index (χ1) is 12.1. The standard InChI is InChI=1S/C19H14N4O2/c1-11-7-8-16-14(21-11)9-17(25-16)18(24)12(10-20)19-22-13-5-3-4-6-15(13)23(19)2/h3-9,12H,1-2H3/t12-/m0/s1. The topological polar surface area (TPSA) is 84.7 Å². The Morgan fingerprint density at radius 2 is 2.00 bits per heavy atom. The molecule has 0 aliphatic heterocycles. The Hall–Kier alpha value is -3.46. The van der Waals surface area contributed by atoms with Gasteiger partial charge < -0.3 is 8.98 Å². The van der Waals surface area contributed by atoms with Crippen molar-refractivity contribution in [2.75, 3.05) is 0 Å². The molecule has 0 amide bonds. The van der Waals surface area contributed by atoms with Gasteiger partial charge >= 0.3 is 0 Å². The van der Waals surface area contributed by atoms with Crippen molar-refractivity contribution in [1.82, 2.24) is 14.5 Å². The van der Waals surface area contributed by atoms with E-state index in [0.29, 0.717) is 16.9 Å². The first-order valence-corrected chi connectivity index (χ1v) is 7.81. The van der Waals surface area contributed by atoms with Crippen molar-refractivity contribution in [3.8, 4) is 6.07 Å². The first-order valence-electron chi connectivity index (χ1n) is 7.81. The number of imidazole rings is 1. The highest BCUT2D eigenvalue weighted by atomic mass is 16.3. The molecule has 122 valence electrons. The van der Waals surface area contributed by atoms with E-state index in [2.05, 4.69) is 16.0 Å². The number of pyridine rings is 1. The van der Waals surface area contributed by atoms with Crippen LogP contribution < -0.4 is 0 Å². The maximum atomic E-state index is 12.9. The lowest BCUT2D eigenvalue weighted by molar-refractivity contribution is 0.0950. The predicted molar refractivity (Wildman–Crippen MR) is 92.1 cm³/mol. The van der Waals surface area contributed by atoms with Crippen molar-refractivity contribution in [2.24, 2.45) is 7.05 Å². The zero-order valence-corrected chi connectivity index (χ0v) is 13.7. The molecule has 25 heavy (non-hydrogen) atoms. The minimum atomic E-state index is -1.04. The van der Waals surface area contributed by atoms with E-state index in [0.717, 1.165) is 16.7 Å². The third-order valence-electron chi connectivity index (χ3n) is 4.23. The highest BCUT2D eigenvalue weighted by molar-refractivity contribution is 6.02. The third-order valence-corrected chi connectivity index (χ3v) is 4.23. The van der Waals surface area contributed by atoms with E-state index in [4.69, 9.17) is 4.42 Å². The number of carbonyl (C=O) groups excluding carboxylic acids is 1. The second-order valence-corrected chi connectivity index (χ2v) is 5.89. The molecule has 0 spiro atoms. The average molecular weight is 330 g/mol. The molecule has 0 unspecified atom stereocenters. The zero-order chi connectivity index (χ0) is 17.6. The van der Waals surface area contributed by atoms with Crippen LogP contribution in [0.4, 0.5) is 0 Å². The van der Waals surface area contributed by atoms with Gasteiger partial charge in [0.2, 0.25) is 5.78 Å². The number of fused-ring (bicyclic) bond motifs is 2. The molecular weight excluding hydrogens is 316 g/mol. The van der Waals surface area contributed by atoms with Gasteiger partial charge in [0.1, 0.15) is 11.3 Å². The van der Waals surface area contributed by atoms with E-state index < -0.39 is 11.7 Å². The molecule has 3 aromatic heterocycles. The Labute approximate surface area is 143 Å². The number of nitrogens with zero attached hydrogens (tertiary/aromatic N) is 4. The van der Waals surface area contributed by atoms with Gasteiger partial charge in [-0.1, -0.05) is 12.1 Å². The zero-order valence-electron chi connectivity index (χ0n) is 13.7. The van der Waals surface area contributed by atoms with Crippen LogP contribution in [0.15, 0.2) is 46.9 Å². The highest BCUT2D eigenvalue weighted by Crippen LogP contribution is 2.26. The number of aromatic nitrogens is 3. The number of hydrogen-bond acceptors (Lipinski definition) is 5. The SMILES string of the molecule is Cc1ccc2oc(C(=O)[C@H](C#N)c3nc4ccccc4n3C)cc2n1. The van der Waals surface area contributed by atoms with Crippen LogP contribution >= 0.6 is 0 Å². The first kappa shape index (κ1) is 15.1. The summed E-state index contributed by atoms with van der Waals surface area (Å²) in [6, 6.07) is 14.7. The smallest absolute Gasteiger partial charge is 0.222 e. The second-order valence-electron chi connectivity index (χ2n) is 5.89. The number of carbonyl (C=O) groups is 1. The number of aryl methyl sites for hydroxylation is 2. The normalized spacial score (nSPS) is 12.4. The van der Waals surface area contributed by atoms with Crippen molar-refractivity contribution in [3.05, 3.63) is 59.7 Å². The van der Waals surface area contributed by atoms with Gasteiger partial charge in [-0.2, -0.15) is 5.26 Å². The van der Waals surface area contributed by atoms with Crippen molar-refractivity contribution in [2.45, 2.75) is 12.8 Å². The van der Waals surface area contributed by atoms with Crippen LogP contribution in [-0.4, -0.2) is 20.3 Å². The van der Waals surface area contributed by atoms with Gasteiger partial charge in [-0.3, -0.25) is 4.79 Å². The molecular formula is C19H14N4O2. The number of Topliss-reactive ketones (excluding diaryl/α,β-unsaturated/α-hetero) is 1. The van der Waals surface area contributed by atoms with Crippen molar-refractivity contribution in [1.29, 1.82) is 5.26 Å². The Morgan fingerprint density at radius 3 is 2.76 bits per heavy atom. The molecule has 0 fully saturated rings. The fourth-order valence-corrected chi connectivity index (χ4v) is 2.95. The number of nitriles is 1. The minimum Gasteiger partial charge on any atom is -0.451 e. The lowest BCUT2D eigenvalue weighted by Crippen LogP contribution is -2.15. The molecule has 1 atom stereocenters. The number of ketones is 1. The number of rotatable bonds is 3. The largest absolute Gasteiger partial charge is 0.451 e. The summed E-state index contributed by atoms with van der Waals surface area (Å²) in [6.07, 6.45) is 0. The van der Waals surface area contributed by atoms with Crippen LogP contribution in [0.3, 0.4) is 0 Å². The van der Waals surface area contributed by atoms with Crippen LogP contribution in [0.25, 0.3) is 22.1 Å². The van der Waals surface area contributed by atoms with Crippen LogP contribution in [0, 0.1) is 18.3 Å². The molecule has 0 bridgehead atoms. The Bertz CT molecular complexity index is 1160.